The van der Waals surface area contributed by atoms with E-state index < -0.39 is 11.7 Å². The lowest BCUT2D eigenvalue weighted by Crippen LogP contribution is -2.12. The van der Waals surface area contributed by atoms with Gasteiger partial charge in [0, 0.05) is 23.6 Å². The zero-order valence-corrected chi connectivity index (χ0v) is 16.6. The second kappa shape index (κ2) is 8.13. The smallest absolute Gasteiger partial charge is 0.416 e. The number of aromatic nitrogens is 1. The van der Waals surface area contributed by atoms with Gasteiger partial charge >= 0.3 is 6.18 Å². The van der Waals surface area contributed by atoms with Gasteiger partial charge in [-0.3, -0.25) is 0 Å². The number of nitrogens with zero attached hydrogens (tertiary/aromatic N) is 1. The highest BCUT2D eigenvalue weighted by atomic mass is 19.4. The molecule has 1 saturated carbocycles. The molecule has 0 radical (unpaired) electrons. The van der Waals surface area contributed by atoms with Gasteiger partial charge in [0.15, 0.2) is 0 Å². The first-order valence-corrected chi connectivity index (χ1v) is 10.4. The molecule has 2 aromatic carbocycles. The van der Waals surface area contributed by atoms with Gasteiger partial charge in [0.2, 0.25) is 0 Å². The number of aryl methyl sites for hydroxylation is 1. The average molecular weight is 401 g/mol. The highest BCUT2D eigenvalue weighted by molar-refractivity contribution is 5.81. The summed E-state index contributed by atoms with van der Waals surface area (Å²) in [5.74, 6) is 0.691. The van der Waals surface area contributed by atoms with Crippen LogP contribution in [0.1, 0.15) is 61.6 Å². The fraction of sp³-hybridized carbons (Fsp3) is 0.417. The summed E-state index contributed by atoms with van der Waals surface area (Å²) in [4.78, 5) is 0. The molecule has 0 spiro atoms. The standard InChI is InChI=1S/C24H26F3NO/c1-2-12-28-13-11-19-15-20(8-10-23(19)28)29-16-17-7-9-21(18-5-3-4-6-18)22(14-17)24(25,26)27/h7-11,13-15,18H,2-6,12,16H2,1H3. The first-order chi connectivity index (χ1) is 14.0. The van der Waals surface area contributed by atoms with Gasteiger partial charge < -0.3 is 9.30 Å². The van der Waals surface area contributed by atoms with E-state index in [1.54, 1.807) is 12.1 Å². The predicted molar refractivity (Wildman–Crippen MR) is 109 cm³/mol. The van der Waals surface area contributed by atoms with E-state index >= 15 is 0 Å². The third-order valence-electron chi connectivity index (χ3n) is 5.83. The van der Waals surface area contributed by atoms with Gasteiger partial charge in [0.1, 0.15) is 12.4 Å². The molecule has 4 rings (SSSR count). The number of hydrogen-bond acceptors (Lipinski definition) is 1. The van der Waals surface area contributed by atoms with Crippen molar-refractivity contribution >= 4 is 10.9 Å². The minimum atomic E-state index is -4.34. The van der Waals surface area contributed by atoms with Crippen molar-refractivity contribution in [2.45, 2.75) is 64.3 Å². The normalized spacial score (nSPS) is 15.3. The van der Waals surface area contributed by atoms with Crippen molar-refractivity contribution in [3.8, 4) is 5.75 Å². The molecule has 0 aliphatic heterocycles. The molecule has 1 heterocycles. The summed E-state index contributed by atoms with van der Waals surface area (Å²) in [6, 6.07) is 12.6. The van der Waals surface area contributed by atoms with E-state index in [2.05, 4.69) is 17.7 Å². The van der Waals surface area contributed by atoms with Crippen LogP contribution in [-0.4, -0.2) is 4.57 Å². The Morgan fingerprint density at radius 3 is 2.55 bits per heavy atom. The molecule has 0 bridgehead atoms. The van der Waals surface area contributed by atoms with Crippen LogP contribution < -0.4 is 4.74 Å². The van der Waals surface area contributed by atoms with E-state index in [-0.39, 0.29) is 12.5 Å². The number of rotatable bonds is 6. The van der Waals surface area contributed by atoms with Crippen LogP contribution in [0.25, 0.3) is 10.9 Å². The molecule has 1 aliphatic rings. The second-order valence-corrected chi connectivity index (χ2v) is 7.92. The van der Waals surface area contributed by atoms with Crippen molar-refractivity contribution in [2.75, 3.05) is 0 Å². The lowest BCUT2D eigenvalue weighted by Gasteiger charge is -2.19. The summed E-state index contributed by atoms with van der Waals surface area (Å²) < 4.78 is 48.9. The number of benzene rings is 2. The molecule has 1 aromatic heterocycles. The van der Waals surface area contributed by atoms with Crippen molar-refractivity contribution < 1.29 is 17.9 Å². The van der Waals surface area contributed by atoms with Crippen LogP contribution in [-0.2, 0) is 19.3 Å². The molecular formula is C24H26F3NO. The largest absolute Gasteiger partial charge is 0.489 e. The highest BCUT2D eigenvalue weighted by Crippen LogP contribution is 2.42. The molecule has 0 saturated heterocycles. The Morgan fingerprint density at radius 2 is 1.83 bits per heavy atom. The molecule has 0 amide bonds. The Bertz CT molecular complexity index is 983. The minimum Gasteiger partial charge on any atom is -0.489 e. The van der Waals surface area contributed by atoms with E-state index in [1.807, 2.05) is 24.3 Å². The maximum absolute atomic E-state index is 13.6. The number of halogens is 3. The Kier molecular flexibility index (Phi) is 5.57. The quantitative estimate of drug-likeness (QED) is 0.422. The van der Waals surface area contributed by atoms with Crippen molar-refractivity contribution in [1.82, 2.24) is 4.57 Å². The van der Waals surface area contributed by atoms with Gasteiger partial charge in [-0.25, -0.2) is 0 Å². The molecular weight excluding hydrogens is 375 g/mol. The van der Waals surface area contributed by atoms with Gasteiger partial charge in [0.25, 0.3) is 0 Å². The lowest BCUT2D eigenvalue weighted by atomic mass is 9.91. The number of hydrogen-bond donors (Lipinski definition) is 0. The molecule has 29 heavy (non-hydrogen) atoms. The Labute approximate surface area is 169 Å². The van der Waals surface area contributed by atoms with Crippen molar-refractivity contribution in [3.05, 3.63) is 65.4 Å². The molecule has 0 N–H and O–H groups in total. The molecule has 1 fully saturated rings. The molecule has 5 heteroatoms. The van der Waals surface area contributed by atoms with Crippen LogP contribution in [0.3, 0.4) is 0 Å². The van der Waals surface area contributed by atoms with Crippen LogP contribution in [0.2, 0.25) is 0 Å². The second-order valence-electron chi connectivity index (χ2n) is 7.92. The maximum Gasteiger partial charge on any atom is 0.416 e. The molecule has 1 aliphatic carbocycles. The zero-order valence-electron chi connectivity index (χ0n) is 16.6. The first-order valence-electron chi connectivity index (χ1n) is 10.4. The van der Waals surface area contributed by atoms with Crippen LogP contribution in [0.4, 0.5) is 13.2 Å². The van der Waals surface area contributed by atoms with E-state index in [4.69, 9.17) is 4.74 Å². The van der Waals surface area contributed by atoms with Crippen LogP contribution in [0.5, 0.6) is 5.75 Å². The number of fused-ring (bicyclic) bond motifs is 1. The summed E-state index contributed by atoms with van der Waals surface area (Å²) in [7, 11) is 0. The van der Waals surface area contributed by atoms with Crippen LogP contribution in [0.15, 0.2) is 48.7 Å². The van der Waals surface area contributed by atoms with E-state index in [0.29, 0.717) is 16.9 Å². The predicted octanol–water partition coefficient (Wildman–Crippen LogP) is 7.31. The highest BCUT2D eigenvalue weighted by Gasteiger charge is 2.36. The third-order valence-corrected chi connectivity index (χ3v) is 5.83. The monoisotopic (exact) mass is 401 g/mol. The molecule has 2 nitrogen and oxygen atoms in total. The summed E-state index contributed by atoms with van der Waals surface area (Å²) in [5, 5.41) is 1.07. The van der Waals surface area contributed by atoms with Gasteiger partial charge in [-0.05, 0) is 66.6 Å². The minimum absolute atomic E-state index is 0.0242. The van der Waals surface area contributed by atoms with Crippen LogP contribution in [0, 0.1) is 0 Å². The van der Waals surface area contributed by atoms with Gasteiger partial charge in [-0.2, -0.15) is 13.2 Å². The third kappa shape index (κ3) is 4.29. The van der Waals surface area contributed by atoms with Crippen LogP contribution >= 0.6 is 0 Å². The first kappa shape index (κ1) is 19.9. The van der Waals surface area contributed by atoms with E-state index in [1.165, 1.54) is 6.07 Å². The Morgan fingerprint density at radius 1 is 1.03 bits per heavy atom. The summed E-state index contributed by atoms with van der Waals surface area (Å²) in [5.41, 5.74) is 1.62. The number of ether oxygens (including phenoxy) is 1. The Hall–Kier alpha value is -2.43. The molecule has 154 valence electrons. The van der Waals surface area contributed by atoms with E-state index in [9.17, 15) is 13.2 Å². The molecule has 0 unspecified atom stereocenters. The van der Waals surface area contributed by atoms with Crippen molar-refractivity contribution in [2.24, 2.45) is 0 Å². The van der Waals surface area contributed by atoms with Crippen molar-refractivity contribution in [1.29, 1.82) is 0 Å². The lowest BCUT2D eigenvalue weighted by molar-refractivity contribution is -0.138. The van der Waals surface area contributed by atoms with E-state index in [0.717, 1.165) is 49.6 Å². The summed E-state index contributed by atoms with van der Waals surface area (Å²) in [6.45, 7) is 3.21. The number of alkyl halides is 3. The fourth-order valence-electron chi connectivity index (χ4n) is 4.40. The summed E-state index contributed by atoms with van der Waals surface area (Å²) >= 11 is 0. The topological polar surface area (TPSA) is 14.2 Å². The average Bonchev–Trinajstić information content (AvgIpc) is 3.36. The Balaban J connectivity index is 1.52. The molecule has 0 atom stereocenters. The maximum atomic E-state index is 13.6. The zero-order chi connectivity index (χ0) is 20.4. The van der Waals surface area contributed by atoms with Crippen molar-refractivity contribution in [3.63, 3.8) is 0 Å². The SMILES string of the molecule is CCCn1ccc2cc(OCc3ccc(C4CCCC4)c(C(F)(F)F)c3)ccc21. The summed E-state index contributed by atoms with van der Waals surface area (Å²) in [6.07, 6.45) is 2.47. The van der Waals surface area contributed by atoms with Gasteiger partial charge in [-0.1, -0.05) is 31.9 Å². The van der Waals surface area contributed by atoms with Gasteiger partial charge in [-0.15, -0.1) is 0 Å². The molecule has 3 aromatic rings. The van der Waals surface area contributed by atoms with Gasteiger partial charge in [0.05, 0.1) is 5.56 Å². The fourth-order valence-corrected chi connectivity index (χ4v) is 4.40.